The number of guanidine groups is 1. The van der Waals surface area contributed by atoms with Crippen LogP contribution < -0.4 is 10.6 Å². The number of benzene rings is 2. The maximum Gasteiger partial charge on any atom is 0.222 e. The Morgan fingerprint density at radius 3 is 2.07 bits per heavy atom. The van der Waals surface area contributed by atoms with E-state index in [1.54, 1.807) is 19.2 Å². The van der Waals surface area contributed by atoms with E-state index >= 15 is 0 Å². The van der Waals surface area contributed by atoms with E-state index in [4.69, 9.17) is 0 Å². The van der Waals surface area contributed by atoms with Gasteiger partial charge in [-0.2, -0.15) is 0 Å². The molecule has 27 heavy (non-hydrogen) atoms. The molecule has 0 atom stereocenters. The van der Waals surface area contributed by atoms with Crippen LogP contribution in [0.15, 0.2) is 53.5 Å². The van der Waals surface area contributed by atoms with Gasteiger partial charge in [0.15, 0.2) is 5.96 Å². The molecule has 0 radical (unpaired) electrons. The lowest BCUT2D eigenvalue weighted by Crippen LogP contribution is -2.36. The van der Waals surface area contributed by atoms with Crippen molar-refractivity contribution in [3.05, 3.63) is 71.0 Å². The number of nitrogens with one attached hydrogen (secondary N) is 2. The average molecular weight is 368 g/mol. The van der Waals surface area contributed by atoms with Gasteiger partial charge in [-0.15, -0.1) is 0 Å². The maximum absolute atomic E-state index is 12.9. The van der Waals surface area contributed by atoms with Crippen molar-refractivity contribution in [3.8, 4) is 0 Å². The van der Waals surface area contributed by atoms with E-state index in [0.717, 1.165) is 29.7 Å². The Hall–Kier alpha value is -2.89. The molecule has 1 heterocycles. The summed E-state index contributed by atoms with van der Waals surface area (Å²) in [7, 11) is 1.72. The third-order valence-electron chi connectivity index (χ3n) is 4.62. The fraction of sp³-hybridized carbons (Fsp3) is 0.333. The summed E-state index contributed by atoms with van der Waals surface area (Å²) in [6, 6.07) is 14.7. The van der Waals surface area contributed by atoms with Crippen LogP contribution in [0.2, 0.25) is 0 Å². The highest BCUT2D eigenvalue weighted by atomic mass is 19.1. The van der Waals surface area contributed by atoms with E-state index in [1.807, 2.05) is 4.90 Å². The molecule has 5 nitrogen and oxygen atoms in total. The summed E-state index contributed by atoms with van der Waals surface area (Å²) in [5, 5.41) is 6.48. The molecule has 2 aromatic carbocycles. The highest BCUT2D eigenvalue weighted by Gasteiger charge is 2.19. The van der Waals surface area contributed by atoms with E-state index in [1.165, 1.54) is 12.1 Å². The molecular weight excluding hydrogens is 343 g/mol. The predicted molar refractivity (Wildman–Crippen MR) is 105 cm³/mol. The zero-order valence-electron chi connectivity index (χ0n) is 15.5. The summed E-state index contributed by atoms with van der Waals surface area (Å²) in [6.45, 7) is 2.76. The van der Waals surface area contributed by atoms with Gasteiger partial charge in [0, 0.05) is 39.6 Å². The first kappa shape index (κ1) is 18.9. The largest absolute Gasteiger partial charge is 0.352 e. The molecule has 0 bridgehead atoms. The number of carbonyl (C=O) groups is 1. The van der Waals surface area contributed by atoms with Crippen LogP contribution in [0.25, 0.3) is 0 Å². The van der Waals surface area contributed by atoms with Crippen molar-refractivity contribution in [1.29, 1.82) is 0 Å². The highest BCUT2D eigenvalue weighted by molar-refractivity contribution is 5.79. The van der Waals surface area contributed by atoms with Gasteiger partial charge in [0.25, 0.3) is 0 Å². The average Bonchev–Trinajstić information content (AvgIpc) is 3.09. The topological polar surface area (TPSA) is 56.7 Å². The molecule has 3 rings (SSSR count). The zero-order valence-corrected chi connectivity index (χ0v) is 15.5. The number of aliphatic imine (C=N–C) groups is 1. The van der Waals surface area contributed by atoms with Crippen LogP contribution in [0.3, 0.4) is 0 Å². The van der Waals surface area contributed by atoms with Crippen molar-refractivity contribution in [3.63, 3.8) is 0 Å². The van der Waals surface area contributed by atoms with Crippen LogP contribution in [0.1, 0.15) is 29.5 Å². The second kappa shape index (κ2) is 9.16. The smallest absolute Gasteiger partial charge is 0.222 e. The van der Waals surface area contributed by atoms with Crippen molar-refractivity contribution in [2.45, 2.75) is 32.5 Å². The monoisotopic (exact) mass is 368 g/mol. The van der Waals surface area contributed by atoms with Gasteiger partial charge in [-0.3, -0.25) is 9.79 Å². The number of hydrogen-bond donors (Lipinski definition) is 2. The first-order valence-electron chi connectivity index (χ1n) is 9.18. The molecule has 2 aromatic rings. The lowest BCUT2D eigenvalue weighted by molar-refractivity contribution is -0.128. The number of carbonyl (C=O) groups excluding carboxylic acids is 1. The van der Waals surface area contributed by atoms with Gasteiger partial charge in [0.05, 0.1) is 0 Å². The molecule has 0 spiro atoms. The predicted octanol–water partition coefficient (Wildman–Crippen LogP) is 2.81. The molecule has 0 saturated carbocycles. The molecular formula is C21H25FN4O. The normalized spacial score (nSPS) is 14.5. The summed E-state index contributed by atoms with van der Waals surface area (Å²) in [5.41, 5.74) is 3.27. The molecule has 6 heteroatoms. The second-order valence-corrected chi connectivity index (χ2v) is 6.64. The first-order valence-corrected chi connectivity index (χ1v) is 9.18. The number of nitrogens with zero attached hydrogens (tertiary/aromatic N) is 2. The van der Waals surface area contributed by atoms with E-state index in [2.05, 4.69) is 39.9 Å². The Kier molecular flexibility index (Phi) is 6.41. The Bertz CT molecular complexity index is 787. The third-order valence-corrected chi connectivity index (χ3v) is 4.62. The molecule has 142 valence electrons. The molecule has 0 aromatic heterocycles. The van der Waals surface area contributed by atoms with Crippen molar-refractivity contribution in [1.82, 2.24) is 15.5 Å². The molecule has 0 unspecified atom stereocenters. The summed E-state index contributed by atoms with van der Waals surface area (Å²) < 4.78 is 12.9. The van der Waals surface area contributed by atoms with Crippen LogP contribution in [0.5, 0.6) is 0 Å². The van der Waals surface area contributed by atoms with Crippen molar-refractivity contribution in [2.24, 2.45) is 4.99 Å². The lowest BCUT2D eigenvalue weighted by atomic mass is 10.1. The molecule has 1 amide bonds. The Labute approximate surface area is 159 Å². The highest BCUT2D eigenvalue weighted by Crippen LogP contribution is 2.14. The van der Waals surface area contributed by atoms with E-state index < -0.39 is 0 Å². The third kappa shape index (κ3) is 5.54. The van der Waals surface area contributed by atoms with Gasteiger partial charge in [0.1, 0.15) is 5.82 Å². The summed E-state index contributed by atoms with van der Waals surface area (Å²) >= 11 is 0. The molecule has 1 fully saturated rings. The molecule has 1 aliphatic rings. The SMILES string of the molecule is CN=C(NCc1ccc(F)cc1)NCc1ccc(CN2CCCC2=O)cc1. The quantitative estimate of drug-likeness (QED) is 0.609. The van der Waals surface area contributed by atoms with Crippen molar-refractivity contribution < 1.29 is 9.18 Å². The van der Waals surface area contributed by atoms with Gasteiger partial charge < -0.3 is 15.5 Å². The lowest BCUT2D eigenvalue weighted by Gasteiger charge is -2.16. The van der Waals surface area contributed by atoms with E-state index in [0.29, 0.717) is 32.0 Å². The summed E-state index contributed by atoms with van der Waals surface area (Å²) in [4.78, 5) is 17.8. The molecule has 1 saturated heterocycles. The van der Waals surface area contributed by atoms with Gasteiger partial charge in [-0.1, -0.05) is 36.4 Å². The minimum absolute atomic E-state index is 0.237. The van der Waals surface area contributed by atoms with E-state index in [9.17, 15) is 9.18 Å². The fourth-order valence-electron chi connectivity index (χ4n) is 3.05. The number of likely N-dealkylation sites (tertiary alicyclic amines) is 1. The number of halogens is 1. The minimum atomic E-state index is -0.237. The molecule has 0 aliphatic carbocycles. The zero-order chi connectivity index (χ0) is 19.1. The van der Waals surface area contributed by atoms with Crippen LogP contribution in [-0.4, -0.2) is 30.4 Å². The van der Waals surface area contributed by atoms with Gasteiger partial charge in [0.2, 0.25) is 5.91 Å². The van der Waals surface area contributed by atoms with Gasteiger partial charge >= 0.3 is 0 Å². The number of amides is 1. The van der Waals surface area contributed by atoms with Crippen molar-refractivity contribution >= 4 is 11.9 Å². The first-order chi connectivity index (χ1) is 13.1. The number of hydrogen-bond acceptors (Lipinski definition) is 2. The molecule has 2 N–H and O–H groups in total. The standard InChI is InChI=1S/C21H25FN4O/c1-23-21(25-14-17-8-10-19(22)11-9-17)24-13-16-4-6-18(7-5-16)15-26-12-2-3-20(26)27/h4-11H,2-3,12-15H2,1H3,(H2,23,24,25). The van der Waals surface area contributed by atoms with Crippen LogP contribution in [0, 0.1) is 5.82 Å². The Morgan fingerprint density at radius 1 is 1.00 bits per heavy atom. The Morgan fingerprint density at radius 2 is 1.56 bits per heavy atom. The minimum Gasteiger partial charge on any atom is -0.352 e. The van der Waals surface area contributed by atoms with Crippen LogP contribution in [0.4, 0.5) is 4.39 Å². The number of rotatable bonds is 6. The van der Waals surface area contributed by atoms with Crippen molar-refractivity contribution in [2.75, 3.05) is 13.6 Å². The Balaban J connectivity index is 1.46. The van der Waals surface area contributed by atoms with Gasteiger partial charge in [-0.05, 0) is 35.2 Å². The maximum atomic E-state index is 12.9. The second-order valence-electron chi connectivity index (χ2n) is 6.64. The molecule has 1 aliphatic heterocycles. The van der Waals surface area contributed by atoms with Crippen LogP contribution in [-0.2, 0) is 24.4 Å². The fourth-order valence-corrected chi connectivity index (χ4v) is 3.05. The van der Waals surface area contributed by atoms with E-state index in [-0.39, 0.29) is 11.7 Å². The summed E-state index contributed by atoms with van der Waals surface area (Å²) in [6.07, 6.45) is 1.64. The van der Waals surface area contributed by atoms with Crippen LogP contribution >= 0.6 is 0 Å². The summed E-state index contributed by atoms with van der Waals surface area (Å²) in [5.74, 6) is 0.696. The van der Waals surface area contributed by atoms with Gasteiger partial charge in [-0.25, -0.2) is 4.39 Å².